The van der Waals surface area contributed by atoms with Crippen molar-refractivity contribution in [1.29, 1.82) is 0 Å². The third-order valence-electron chi connectivity index (χ3n) is 3.70. The van der Waals surface area contributed by atoms with E-state index in [4.69, 9.17) is 0 Å². The summed E-state index contributed by atoms with van der Waals surface area (Å²) in [6.07, 6.45) is 5.79. The lowest BCUT2D eigenvalue weighted by atomic mass is 10.1. The van der Waals surface area contributed by atoms with Crippen LogP contribution >= 0.6 is 0 Å². The van der Waals surface area contributed by atoms with Gasteiger partial charge in [-0.05, 0) is 36.8 Å². The van der Waals surface area contributed by atoms with E-state index >= 15 is 0 Å². The molecule has 3 rings (SSSR count). The molecular weight excluding hydrogens is 267 g/mol. The van der Waals surface area contributed by atoms with Gasteiger partial charge >= 0.3 is 0 Å². The average Bonchev–Trinajstić information content (AvgIpc) is 3.05. The fourth-order valence-electron chi connectivity index (χ4n) is 2.62. The van der Waals surface area contributed by atoms with Gasteiger partial charge in [-0.2, -0.15) is 5.10 Å². The fraction of sp³-hybridized carbons (Fsp3) is 0.312. The van der Waals surface area contributed by atoms with Crippen molar-refractivity contribution in [3.8, 4) is 0 Å². The van der Waals surface area contributed by atoms with E-state index in [2.05, 4.69) is 23.5 Å². The molecule has 3 aromatic rings. The molecule has 0 saturated heterocycles. The molecule has 4 nitrogen and oxygen atoms in total. The minimum Gasteiger partial charge on any atom is -0.350 e. The van der Waals surface area contributed by atoms with Crippen molar-refractivity contribution in [1.82, 2.24) is 19.7 Å². The Labute approximate surface area is 123 Å². The second-order valence-corrected chi connectivity index (χ2v) is 5.44. The van der Waals surface area contributed by atoms with Gasteiger partial charge in [0.25, 0.3) is 0 Å². The van der Waals surface area contributed by atoms with Crippen molar-refractivity contribution in [2.24, 2.45) is 7.05 Å². The SMILES string of the molecule is C[C@@H](Cn1cccn1)NCc1cn(C)c2cc(F)ccc12. The van der Waals surface area contributed by atoms with Gasteiger partial charge in [0.15, 0.2) is 0 Å². The minimum absolute atomic E-state index is 0.199. The van der Waals surface area contributed by atoms with Crippen molar-refractivity contribution in [2.45, 2.75) is 26.1 Å². The van der Waals surface area contributed by atoms with Crippen LogP contribution in [0.4, 0.5) is 4.39 Å². The summed E-state index contributed by atoms with van der Waals surface area (Å²) in [5, 5.41) is 8.79. The van der Waals surface area contributed by atoms with E-state index in [9.17, 15) is 4.39 Å². The minimum atomic E-state index is -0.199. The van der Waals surface area contributed by atoms with Crippen LogP contribution in [0.5, 0.6) is 0 Å². The summed E-state index contributed by atoms with van der Waals surface area (Å²) in [6.45, 7) is 3.71. The Morgan fingerprint density at radius 2 is 2.24 bits per heavy atom. The molecule has 0 amide bonds. The zero-order valence-corrected chi connectivity index (χ0v) is 12.3. The summed E-state index contributed by atoms with van der Waals surface area (Å²) in [7, 11) is 1.94. The van der Waals surface area contributed by atoms with E-state index in [1.807, 2.05) is 34.6 Å². The molecule has 2 aromatic heterocycles. The van der Waals surface area contributed by atoms with Gasteiger partial charge in [0, 0.05) is 43.6 Å². The van der Waals surface area contributed by atoms with E-state index < -0.39 is 0 Å². The molecule has 0 aliphatic rings. The predicted molar refractivity (Wildman–Crippen MR) is 81.4 cm³/mol. The molecule has 0 radical (unpaired) electrons. The smallest absolute Gasteiger partial charge is 0.125 e. The van der Waals surface area contributed by atoms with Crippen LogP contribution in [0.1, 0.15) is 12.5 Å². The van der Waals surface area contributed by atoms with Gasteiger partial charge < -0.3 is 9.88 Å². The van der Waals surface area contributed by atoms with Gasteiger partial charge in [-0.15, -0.1) is 0 Å². The summed E-state index contributed by atoms with van der Waals surface area (Å²) in [5.41, 5.74) is 2.10. The van der Waals surface area contributed by atoms with Crippen LogP contribution in [0.15, 0.2) is 42.9 Å². The van der Waals surface area contributed by atoms with E-state index in [0.717, 1.165) is 24.0 Å². The van der Waals surface area contributed by atoms with Gasteiger partial charge in [0.2, 0.25) is 0 Å². The van der Waals surface area contributed by atoms with Crippen LogP contribution < -0.4 is 5.32 Å². The Morgan fingerprint density at radius 1 is 1.38 bits per heavy atom. The molecule has 0 bridgehead atoms. The molecular formula is C16H19FN4. The van der Waals surface area contributed by atoms with Gasteiger partial charge in [-0.1, -0.05) is 0 Å². The van der Waals surface area contributed by atoms with Crippen LogP contribution in [-0.2, 0) is 20.1 Å². The Morgan fingerprint density at radius 3 is 3.00 bits per heavy atom. The monoisotopic (exact) mass is 286 g/mol. The average molecular weight is 286 g/mol. The molecule has 21 heavy (non-hydrogen) atoms. The lowest BCUT2D eigenvalue weighted by Crippen LogP contribution is -2.30. The second-order valence-electron chi connectivity index (χ2n) is 5.44. The van der Waals surface area contributed by atoms with E-state index in [0.29, 0.717) is 6.04 Å². The lowest BCUT2D eigenvalue weighted by Gasteiger charge is -2.13. The third-order valence-corrected chi connectivity index (χ3v) is 3.70. The number of rotatable bonds is 5. The molecule has 0 fully saturated rings. The van der Waals surface area contributed by atoms with Crippen molar-refractivity contribution < 1.29 is 4.39 Å². The number of nitrogens with zero attached hydrogens (tertiary/aromatic N) is 3. The van der Waals surface area contributed by atoms with Crippen molar-refractivity contribution >= 4 is 10.9 Å². The molecule has 0 aliphatic heterocycles. The van der Waals surface area contributed by atoms with E-state index in [-0.39, 0.29) is 5.82 Å². The van der Waals surface area contributed by atoms with Gasteiger partial charge in [-0.25, -0.2) is 4.39 Å². The highest BCUT2D eigenvalue weighted by atomic mass is 19.1. The number of fused-ring (bicyclic) bond motifs is 1. The highest BCUT2D eigenvalue weighted by Gasteiger charge is 2.09. The Hall–Kier alpha value is -2.14. The number of benzene rings is 1. The maximum absolute atomic E-state index is 13.3. The standard InChI is InChI=1S/C16H19FN4/c1-12(10-21-7-3-6-19-21)18-9-13-11-20(2)16-8-14(17)4-5-15(13)16/h3-8,11-12,18H,9-10H2,1-2H3/t12-/m0/s1. The summed E-state index contributed by atoms with van der Waals surface area (Å²) in [6, 6.07) is 7.16. The molecule has 0 unspecified atom stereocenters. The number of aryl methyl sites for hydroxylation is 1. The summed E-state index contributed by atoms with van der Waals surface area (Å²) in [4.78, 5) is 0. The first-order valence-corrected chi connectivity index (χ1v) is 7.08. The third kappa shape index (κ3) is 2.97. The first-order chi connectivity index (χ1) is 10.1. The summed E-state index contributed by atoms with van der Waals surface area (Å²) in [5.74, 6) is -0.199. The number of hydrogen-bond donors (Lipinski definition) is 1. The molecule has 0 aliphatic carbocycles. The number of aromatic nitrogens is 3. The molecule has 2 heterocycles. The van der Waals surface area contributed by atoms with Crippen LogP contribution in [0.3, 0.4) is 0 Å². The molecule has 0 saturated carbocycles. The fourth-order valence-corrected chi connectivity index (χ4v) is 2.62. The highest BCUT2D eigenvalue weighted by molar-refractivity contribution is 5.83. The lowest BCUT2D eigenvalue weighted by molar-refractivity contribution is 0.451. The van der Waals surface area contributed by atoms with Gasteiger partial charge in [0.05, 0.1) is 12.1 Å². The molecule has 110 valence electrons. The first kappa shape index (κ1) is 13.8. The quantitative estimate of drug-likeness (QED) is 0.782. The van der Waals surface area contributed by atoms with Crippen LogP contribution in [0.2, 0.25) is 0 Å². The predicted octanol–water partition coefficient (Wildman–Crippen LogP) is 2.69. The topological polar surface area (TPSA) is 34.8 Å². The normalized spacial score (nSPS) is 12.9. The molecule has 1 N–H and O–H groups in total. The maximum atomic E-state index is 13.3. The zero-order valence-electron chi connectivity index (χ0n) is 12.3. The second kappa shape index (κ2) is 5.69. The Bertz CT molecular complexity index is 730. The van der Waals surface area contributed by atoms with Crippen molar-refractivity contribution in [2.75, 3.05) is 0 Å². The van der Waals surface area contributed by atoms with Crippen LogP contribution in [0, 0.1) is 5.82 Å². The van der Waals surface area contributed by atoms with E-state index in [1.165, 1.54) is 11.6 Å². The number of halogens is 1. The van der Waals surface area contributed by atoms with Crippen molar-refractivity contribution in [3.05, 3.63) is 54.2 Å². The van der Waals surface area contributed by atoms with E-state index in [1.54, 1.807) is 12.3 Å². The Balaban J connectivity index is 1.70. The van der Waals surface area contributed by atoms with Crippen LogP contribution in [0.25, 0.3) is 10.9 Å². The van der Waals surface area contributed by atoms with Crippen LogP contribution in [-0.4, -0.2) is 20.4 Å². The van der Waals surface area contributed by atoms with Gasteiger partial charge in [-0.3, -0.25) is 4.68 Å². The molecule has 1 aromatic carbocycles. The first-order valence-electron chi connectivity index (χ1n) is 7.08. The summed E-state index contributed by atoms with van der Waals surface area (Å²) >= 11 is 0. The largest absolute Gasteiger partial charge is 0.350 e. The molecule has 1 atom stereocenters. The number of hydrogen-bond acceptors (Lipinski definition) is 2. The number of nitrogens with one attached hydrogen (secondary N) is 1. The molecule has 0 spiro atoms. The maximum Gasteiger partial charge on any atom is 0.125 e. The van der Waals surface area contributed by atoms with Crippen molar-refractivity contribution in [3.63, 3.8) is 0 Å². The molecule has 5 heteroatoms. The zero-order chi connectivity index (χ0) is 14.8. The summed E-state index contributed by atoms with van der Waals surface area (Å²) < 4.78 is 17.2. The van der Waals surface area contributed by atoms with Gasteiger partial charge in [0.1, 0.15) is 5.82 Å². The highest BCUT2D eigenvalue weighted by Crippen LogP contribution is 2.21. The Kier molecular flexibility index (Phi) is 3.75.